The zero-order valence-electron chi connectivity index (χ0n) is 27.6. The van der Waals surface area contributed by atoms with E-state index in [-0.39, 0.29) is 47.6 Å². The fourth-order valence-corrected chi connectivity index (χ4v) is 6.31. The molecule has 3 nitrogen and oxygen atoms in total. The molecule has 6 aromatic carbocycles. The van der Waals surface area contributed by atoms with Crippen molar-refractivity contribution in [2.24, 2.45) is 7.05 Å². The third-order valence-corrected chi connectivity index (χ3v) is 8.09. The van der Waals surface area contributed by atoms with Crippen LogP contribution in [0.3, 0.4) is 0 Å². The van der Waals surface area contributed by atoms with Gasteiger partial charge < -0.3 is 13.7 Å². The lowest BCUT2D eigenvalue weighted by atomic mass is 10.1. The molecule has 3 heterocycles. The highest BCUT2D eigenvalue weighted by Crippen LogP contribution is 2.37. The van der Waals surface area contributed by atoms with E-state index in [0.29, 0.717) is 21.8 Å². The highest BCUT2D eigenvalue weighted by atomic mass is 15.0. The molecule has 0 aliphatic heterocycles. The Morgan fingerprint density at radius 2 is 0.725 bits per heavy atom. The van der Waals surface area contributed by atoms with Gasteiger partial charge in [-0.05, 0) is 60.5 Å². The average Bonchev–Trinajstić information content (AvgIpc) is 3.70. The van der Waals surface area contributed by atoms with Crippen molar-refractivity contribution < 1.29 is 8.22 Å². The van der Waals surface area contributed by atoms with E-state index in [1.807, 2.05) is 106 Å². The van der Waals surface area contributed by atoms with Crippen LogP contribution in [-0.4, -0.2) is 13.7 Å². The van der Waals surface area contributed by atoms with Crippen LogP contribution in [0.25, 0.3) is 76.8 Å². The van der Waals surface area contributed by atoms with Gasteiger partial charge in [0.1, 0.15) is 0 Å². The fourth-order valence-electron chi connectivity index (χ4n) is 6.31. The summed E-state index contributed by atoms with van der Waals surface area (Å²) in [5.41, 5.74) is 4.37. The van der Waals surface area contributed by atoms with Crippen LogP contribution < -0.4 is 0 Å². The first kappa shape index (κ1) is 16.6. The zero-order chi connectivity index (χ0) is 31.6. The molecule has 188 valence electrons. The number of para-hydroxylation sites is 4. The Kier molecular flexibility index (Phi) is 3.27. The topological polar surface area (TPSA) is 14.8 Å². The Bertz CT molecular complexity index is 2490. The van der Waals surface area contributed by atoms with Crippen LogP contribution in [0.2, 0.25) is 0 Å². The zero-order valence-corrected chi connectivity index (χ0v) is 21.6. The number of nitrogens with zero attached hydrogens (tertiary/aromatic N) is 3. The average molecular weight is 518 g/mol. The minimum absolute atomic E-state index is 0.00640. The van der Waals surface area contributed by atoms with Crippen LogP contribution in [0.5, 0.6) is 0 Å². The molecule has 0 aliphatic rings. The maximum atomic E-state index is 9.69. The van der Waals surface area contributed by atoms with Crippen molar-refractivity contribution in [2.75, 3.05) is 0 Å². The Labute approximate surface area is 239 Å². The molecule has 3 aromatic heterocycles. The summed E-state index contributed by atoms with van der Waals surface area (Å²) in [6.07, 6.45) is 0. The van der Waals surface area contributed by atoms with Gasteiger partial charge in [0.25, 0.3) is 0 Å². The lowest BCUT2D eigenvalue weighted by molar-refractivity contribution is 1.01. The minimum atomic E-state index is -0.110. The van der Waals surface area contributed by atoms with Crippen LogP contribution in [0.4, 0.5) is 0 Å². The number of benzene rings is 6. The fraction of sp³-hybridized carbons (Fsp3) is 0.0270. The van der Waals surface area contributed by atoms with Gasteiger partial charge in [-0.3, -0.25) is 0 Å². The lowest BCUT2D eigenvalue weighted by Gasteiger charge is -2.09. The Morgan fingerprint density at radius 1 is 0.400 bits per heavy atom. The molecule has 0 aliphatic carbocycles. The van der Waals surface area contributed by atoms with Crippen LogP contribution in [0.15, 0.2) is 133 Å². The SMILES string of the molecule is [2H]c1c(-n2c3ccccc3c3ccccc32)c([2H])c2c3c([2H])c(-n4c5ccccc5c5ccccc54)c([2H])c([2H])c3n(C)c2c1[2H]. The van der Waals surface area contributed by atoms with Gasteiger partial charge in [-0.25, -0.2) is 0 Å². The number of aryl methyl sites for hydroxylation is 1. The molecule has 0 amide bonds. The second kappa shape index (κ2) is 7.87. The lowest BCUT2D eigenvalue weighted by Crippen LogP contribution is -1.94. The molecule has 0 N–H and O–H groups in total. The van der Waals surface area contributed by atoms with Crippen molar-refractivity contribution in [1.82, 2.24) is 13.7 Å². The summed E-state index contributed by atoms with van der Waals surface area (Å²) in [5, 5.41) is 4.56. The third-order valence-electron chi connectivity index (χ3n) is 8.09. The summed E-state index contributed by atoms with van der Waals surface area (Å²) < 4.78 is 61.7. The van der Waals surface area contributed by atoms with E-state index in [1.54, 1.807) is 11.6 Å². The molecule has 3 heteroatoms. The largest absolute Gasteiger partial charge is 0.344 e. The van der Waals surface area contributed by atoms with Crippen molar-refractivity contribution in [3.05, 3.63) is 133 Å². The molecular weight excluding hydrogens is 486 g/mol. The van der Waals surface area contributed by atoms with Crippen molar-refractivity contribution in [3.63, 3.8) is 0 Å². The molecule has 0 radical (unpaired) electrons. The first-order valence-electron chi connectivity index (χ1n) is 16.3. The second-order valence-electron chi connectivity index (χ2n) is 10.2. The molecule has 9 rings (SSSR count). The van der Waals surface area contributed by atoms with Crippen molar-refractivity contribution >= 4 is 65.4 Å². The van der Waals surface area contributed by atoms with E-state index in [4.69, 9.17) is 0 Å². The molecule has 0 atom stereocenters. The second-order valence-corrected chi connectivity index (χ2v) is 10.2. The van der Waals surface area contributed by atoms with Gasteiger partial charge in [0.2, 0.25) is 0 Å². The van der Waals surface area contributed by atoms with E-state index in [2.05, 4.69) is 0 Å². The number of hydrogen-bond donors (Lipinski definition) is 0. The van der Waals surface area contributed by atoms with Crippen LogP contribution in [0.1, 0.15) is 8.22 Å². The molecular formula is C37H25N3. The monoisotopic (exact) mass is 517 g/mol. The highest BCUT2D eigenvalue weighted by Gasteiger charge is 2.16. The van der Waals surface area contributed by atoms with E-state index in [0.717, 1.165) is 43.6 Å². The number of hydrogen-bond acceptors (Lipinski definition) is 0. The Hall–Kier alpha value is -5.28. The van der Waals surface area contributed by atoms with Gasteiger partial charge in [-0.1, -0.05) is 72.8 Å². The van der Waals surface area contributed by atoms with Crippen molar-refractivity contribution in [2.45, 2.75) is 0 Å². The predicted octanol–water partition coefficient (Wildman–Crippen LogP) is 9.53. The third kappa shape index (κ3) is 2.79. The molecule has 0 spiro atoms. The number of aromatic nitrogens is 3. The maximum Gasteiger partial charge on any atom is 0.0652 e. The smallest absolute Gasteiger partial charge is 0.0652 e. The summed E-state index contributed by atoms with van der Waals surface area (Å²) in [5.74, 6) is 0. The molecule has 0 saturated carbocycles. The van der Waals surface area contributed by atoms with E-state index in [9.17, 15) is 8.22 Å². The van der Waals surface area contributed by atoms with Gasteiger partial charge in [-0.2, -0.15) is 0 Å². The minimum Gasteiger partial charge on any atom is -0.344 e. The molecule has 0 unspecified atom stereocenters. The Morgan fingerprint density at radius 3 is 1.07 bits per heavy atom. The van der Waals surface area contributed by atoms with Gasteiger partial charge in [-0.15, -0.1) is 0 Å². The van der Waals surface area contributed by atoms with Gasteiger partial charge in [0.15, 0.2) is 0 Å². The molecule has 9 aromatic rings. The highest BCUT2D eigenvalue weighted by molar-refractivity contribution is 6.13. The summed E-state index contributed by atoms with van der Waals surface area (Å²) in [6.45, 7) is 0. The summed E-state index contributed by atoms with van der Waals surface area (Å²) in [7, 11) is 1.69. The van der Waals surface area contributed by atoms with Gasteiger partial charge in [0.05, 0.1) is 30.3 Å². The normalized spacial score (nSPS) is 14.2. The maximum absolute atomic E-state index is 9.69. The molecule has 0 fully saturated rings. The van der Waals surface area contributed by atoms with Gasteiger partial charge >= 0.3 is 0 Å². The first-order chi connectivity index (χ1) is 22.3. The van der Waals surface area contributed by atoms with Crippen molar-refractivity contribution in [1.29, 1.82) is 0 Å². The van der Waals surface area contributed by atoms with E-state index < -0.39 is 0 Å². The van der Waals surface area contributed by atoms with Crippen LogP contribution >= 0.6 is 0 Å². The van der Waals surface area contributed by atoms with E-state index in [1.165, 1.54) is 0 Å². The predicted molar refractivity (Wildman–Crippen MR) is 169 cm³/mol. The summed E-state index contributed by atoms with van der Waals surface area (Å²) in [4.78, 5) is 0. The Balaban J connectivity index is 1.49. The number of fused-ring (bicyclic) bond motifs is 9. The summed E-state index contributed by atoms with van der Waals surface area (Å²) >= 11 is 0. The standard InChI is InChI=1S/C37H25N3/c1-38-32-20-18-24(39-34-14-6-2-10-26(34)27-11-3-7-15-35(27)39)22-30(32)31-23-25(19-21-33(31)38)40-36-16-8-4-12-28(36)29-13-5-9-17-37(29)40/h2-23H,1H3/i18D,19D,20D,21D,22D,23D. The number of rotatable bonds is 2. The summed E-state index contributed by atoms with van der Waals surface area (Å²) in [6, 6.07) is 31.0. The quantitative estimate of drug-likeness (QED) is 0.217. The van der Waals surface area contributed by atoms with Gasteiger partial charge in [0, 0.05) is 61.8 Å². The van der Waals surface area contributed by atoms with E-state index >= 15 is 0 Å². The molecule has 0 saturated heterocycles. The first-order valence-corrected chi connectivity index (χ1v) is 13.3. The molecule has 40 heavy (non-hydrogen) atoms. The van der Waals surface area contributed by atoms with Crippen LogP contribution in [-0.2, 0) is 7.05 Å². The van der Waals surface area contributed by atoms with Crippen molar-refractivity contribution in [3.8, 4) is 11.4 Å². The van der Waals surface area contributed by atoms with Crippen LogP contribution in [0, 0.1) is 0 Å². The molecule has 0 bridgehead atoms.